The van der Waals surface area contributed by atoms with Gasteiger partial charge in [-0.1, -0.05) is 79.2 Å². The fourth-order valence-corrected chi connectivity index (χ4v) is 4.51. The van der Waals surface area contributed by atoms with Crippen LogP contribution in [-0.4, -0.2) is 31.9 Å². The lowest BCUT2D eigenvalue weighted by atomic mass is 10.0. The highest BCUT2D eigenvalue weighted by molar-refractivity contribution is 7.99. The monoisotopic (exact) mass is 407 g/mol. The highest BCUT2D eigenvalue weighted by Gasteiger charge is 2.22. The van der Waals surface area contributed by atoms with Gasteiger partial charge in [-0.3, -0.25) is 4.79 Å². The first-order valence-corrected chi connectivity index (χ1v) is 11.0. The number of tetrazole rings is 1. The number of amides is 1. The topological polar surface area (TPSA) is 72.7 Å². The van der Waals surface area contributed by atoms with Crippen LogP contribution in [0.3, 0.4) is 0 Å². The van der Waals surface area contributed by atoms with Crippen molar-refractivity contribution < 1.29 is 4.79 Å². The van der Waals surface area contributed by atoms with E-state index in [1.165, 1.54) is 35.7 Å². The Hall–Kier alpha value is -2.67. The minimum absolute atomic E-state index is 0.0180. The Balaban J connectivity index is 1.31. The number of carbonyl (C=O) groups is 1. The SMILES string of the molecule is C[C@@H](NC(=O)CSc1nnnn1C1CCCC1)c1ccc(-c2ccccc2)cc1. The predicted octanol–water partition coefficient (Wildman–Crippen LogP) is 4.42. The summed E-state index contributed by atoms with van der Waals surface area (Å²) in [6, 6.07) is 18.9. The zero-order chi connectivity index (χ0) is 20.1. The van der Waals surface area contributed by atoms with E-state index >= 15 is 0 Å². The molecule has 1 heterocycles. The Morgan fingerprint density at radius 3 is 2.52 bits per heavy atom. The maximum atomic E-state index is 12.4. The number of nitrogens with one attached hydrogen (secondary N) is 1. The van der Waals surface area contributed by atoms with Crippen LogP contribution in [0.2, 0.25) is 0 Å². The van der Waals surface area contributed by atoms with Gasteiger partial charge in [-0.2, -0.15) is 0 Å². The van der Waals surface area contributed by atoms with E-state index < -0.39 is 0 Å². The van der Waals surface area contributed by atoms with Crippen LogP contribution in [0, 0.1) is 0 Å². The predicted molar refractivity (Wildman–Crippen MR) is 114 cm³/mol. The zero-order valence-electron chi connectivity index (χ0n) is 16.5. The van der Waals surface area contributed by atoms with Crippen LogP contribution in [0.5, 0.6) is 0 Å². The second kappa shape index (κ2) is 9.22. The summed E-state index contributed by atoms with van der Waals surface area (Å²) in [6.45, 7) is 2.00. The molecule has 1 aromatic heterocycles. The maximum absolute atomic E-state index is 12.4. The fourth-order valence-electron chi connectivity index (χ4n) is 3.75. The summed E-state index contributed by atoms with van der Waals surface area (Å²) in [7, 11) is 0. The Labute approximate surface area is 175 Å². The Morgan fingerprint density at radius 2 is 1.79 bits per heavy atom. The molecule has 1 aliphatic rings. The van der Waals surface area contributed by atoms with Gasteiger partial charge in [-0.25, -0.2) is 4.68 Å². The molecule has 4 rings (SSSR count). The number of rotatable bonds is 7. The molecule has 0 unspecified atom stereocenters. The Kier molecular flexibility index (Phi) is 6.24. The first-order chi connectivity index (χ1) is 14.2. The molecule has 1 fully saturated rings. The molecule has 1 saturated carbocycles. The molecular weight excluding hydrogens is 382 g/mol. The molecular formula is C22H25N5OS. The normalized spacial score (nSPS) is 15.3. The summed E-state index contributed by atoms with van der Waals surface area (Å²) in [4.78, 5) is 12.4. The maximum Gasteiger partial charge on any atom is 0.230 e. The van der Waals surface area contributed by atoms with Gasteiger partial charge in [0.2, 0.25) is 11.1 Å². The average molecular weight is 408 g/mol. The van der Waals surface area contributed by atoms with Crippen molar-refractivity contribution in [2.24, 2.45) is 0 Å². The first kappa shape index (κ1) is 19.6. The lowest BCUT2D eigenvalue weighted by Gasteiger charge is -2.15. The molecule has 7 heteroatoms. The van der Waals surface area contributed by atoms with Crippen molar-refractivity contribution in [3.63, 3.8) is 0 Å². The molecule has 1 amide bonds. The standard InChI is InChI=1S/C22H25N5OS/c1-16(17-11-13-19(14-12-17)18-7-3-2-4-8-18)23-21(28)15-29-22-24-25-26-27(22)20-9-5-6-10-20/h2-4,7-8,11-14,16,20H,5-6,9-10,15H2,1H3,(H,23,28)/t16-/m1/s1. The zero-order valence-corrected chi connectivity index (χ0v) is 17.3. The molecule has 1 atom stereocenters. The second-order valence-electron chi connectivity index (χ2n) is 7.41. The van der Waals surface area contributed by atoms with Crippen LogP contribution < -0.4 is 5.32 Å². The number of hydrogen-bond acceptors (Lipinski definition) is 5. The molecule has 29 heavy (non-hydrogen) atoms. The summed E-state index contributed by atoms with van der Waals surface area (Å²) in [5.74, 6) is 0.287. The third-order valence-corrected chi connectivity index (χ3v) is 6.29. The van der Waals surface area contributed by atoms with Crippen molar-refractivity contribution in [3.05, 3.63) is 60.2 Å². The van der Waals surface area contributed by atoms with Gasteiger partial charge in [0.05, 0.1) is 17.8 Å². The van der Waals surface area contributed by atoms with Gasteiger partial charge in [-0.05, 0) is 46.9 Å². The smallest absolute Gasteiger partial charge is 0.230 e. The third kappa shape index (κ3) is 4.85. The van der Waals surface area contributed by atoms with Gasteiger partial charge in [0.25, 0.3) is 0 Å². The summed E-state index contributed by atoms with van der Waals surface area (Å²) >= 11 is 1.40. The van der Waals surface area contributed by atoms with E-state index in [9.17, 15) is 4.79 Å². The highest BCUT2D eigenvalue weighted by atomic mass is 32.2. The lowest BCUT2D eigenvalue weighted by molar-refractivity contribution is -0.119. The number of benzene rings is 2. The molecule has 0 bridgehead atoms. The molecule has 0 radical (unpaired) electrons. The second-order valence-corrected chi connectivity index (χ2v) is 8.35. The van der Waals surface area contributed by atoms with Crippen LogP contribution in [0.1, 0.15) is 50.3 Å². The average Bonchev–Trinajstić information content (AvgIpc) is 3.44. The van der Waals surface area contributed by atoms with E-state index in [4.69, 9.17) is 0 Å². The van der Waals surface area contributed by atoms with Crippen molar-refractivity contribution in [2.45, 2.75) is 49.8 Å². The molecule has 2 aromatic carbocycles. The van der Waals surface area contributed by atoms with E-state index in [1.54, 1.807) is 0 Å². The van der Waals surface area contributed by atoms with E-state index in [0.29, 0.717) is 11.8 Å². The van der Waals surface area contributed by atoms with Crippen molar-refractivity contribution in [1.82, 2.24) is 25.5 Å². The minimum atomic E-state index is -0.0567. The van der Waals surface area contributed by atoms with Crippen LogP contribution in [-0.2, 0) is 4.79 Å². The fraction of sp³-hybridized carbons (Fsp3) is 0.364. The molecule has 3 aromatic rings. The van der Waals surface area contributed by atoms with Crippen molar-refractivity contribution in [3.8, 4) is 11.1 Å². The number of hydrogen-bond donors (Lipinski definition) is 1. The lowest BCUT2D eigenvalue weighted by Crippen LogP contribution is -2.28. The number of nitrogens with zero attached hydrogens (tertiary/aromatic N) is 4. The van der Waals surface area contributed by atoms with Gasteiger partial charge in [0.1, 0.15) is 0 Å². The van der Waals surface area contributed by atoms with Crippen LogP contribution in [0.4, 0.5) is 0 Å². The first-order valence-electron chi connectivity index (χ1n) is 10.1. The molecule has 6 nitrogen and oxygen atoms in total. The summed E-state index contributed by atoms with van der Waals surface area (Å²) in [6.07, 6.45) is 4.66. The number of aromatic nitrogens is 4. The molecule has 0 spiro atoms. The summed E-state index contributed by atoms with van der Waals surface area (Å²) in [5.41, 5.74) is 3.44. The Bertz CT molecular complexity index is 935. The van der Waals surface area contributed by atoms with E-state index in [0.717, 1.165) is 23.6 Å². The molecule has 1 aliphatic carbocycles. The van der Waals surface area contributed by atoms with Crippen LogP contribution in [0.15, 0.2) is 59.8 Å². The van der Waals surface area contributed by atoms with Gasteiger partial charge < -0.3 is 5.32 Å². The van der Waals surface area contributed by atoms with Gasteiger partial charge in [0.15, 0.2) is 0 Å². The molecule has 1 N–H and O–H groups in total. The quantitative estimate of drug-likeness (QED) is 0.587. The molecule has 0 saturated heterocycles. The van der Waals surface area contributed by atoms with Crippen LogP contribution in [0.25, 0.3) is 11.1 Å². The van der Waals surface area contributed by atoms with Gasteiger partial charge >= 0.3 is 0 Å². The summed E-state index contributed by atoms with van der Waals surface area (Å²) < 4.78 is 1.89. The minimum Gasteiger partial charge on any atom is -0.349 e. The van der Waals surface area contributed by atoms with E-state index in [2.05, 4.69) is 57.2 Å². The number of thioether (sulfide) groups is 1. The van der Waals surface area contributed by atoms with E-state index in [1.807, 2.05) is 29.8 Å². The highest BCUT2D eigenvalue weighted by Crippen LogP contribution is 2.31. The van der Waals surface area contributed by atoms with Gasteiger partial charge in [-0.15, -0.1) is 5.10 Å². The molecule has 150 valence electrons. The van der Waals surface area contributed by atoms with Gasteiger partial charge in [0, 0.05) is 0 Å². The van der Waals surface area contributed by atoms with Crippen molar-refractivity contribution in [2.75, 3.05) is 5.75 Å². The molecule has 0 aliphatic heterocycles. The Morgan fingerprint density at radius 1 is 1.10 bits per heavy atom. The van der Waals surface area contributed by atoms with Crippen LogP contribution >= 0.6 is 11.8 Å². The van der Waals surface area contributed by atoms with Crippen molar-refractivity contribution >= 4 is 17.7 Å². The van der Waals surface area contributed by atoms with Crippen molar-refractivity contribution in [1.29, 1.82) is 0 Å². The summed E-state index contributed by atoms with van der Waals surface area (Å²) in [5, 5.41) is 15.8. The number of carbonyl (C=O) groups excluding carboxylic acids is 1. The largest absolute Gasteiger partial charge is 0.349 e. The van der Waals surface area contributed by atoms with E-state index in [-0.39, 0.29) is 11.9 Å². The third-order valence-electron chi connectivity index (χ3n) is 5.36.